The van der Waals surface area contributed by atoms with E-state index >= 15 is 0 Å². The summed E-state index contributed by atoms with van der Waals surface area (Å²) < 4.78 is 14.7. The first kappa shape index (κ1) is 11.8. The zero-order chi connectivity index (χ0) is 12.7. The second-order valence-corrected chi connectivity index (χ2v) is 5.41. The van der Waals surface area contributed by atoms with E-state index in [0.29, 0.717) is 27.0 Å². The zero-order valence-corrected chi connectivity index (χ0v) is 12.1. The van der Waals surface area contributed by atoms with Crippen molar-refractivity contribution in [2.45, 2.75) is 0 Å². The number of pyridine rings is 1. The van der Waals surface area contributed by atoms with Gasteiger partial charge in [0.05, 0.1) is 15.5 Å². The van der Waals surface area contributed by atoms with Crippen LogP contribution in [0.25, 0.3) is 22.6 Å². The van der Waals surface area contributed by atoms with Crippen LogP contribution in [0.15, 0.2) is 39.4 Å². The van der Waals surface area contributed by atoms with Crippen LogP contribution in [0, 0.1) is 5.82 Å². The smallest absolute Gasteiger partial charge is 0.158 e. The fraction of sp³-hybridized carbons (Fsp3) is 0. The van der Waals surface area contributed by atoms with Crippen LogP contribution >= 0.6 is 31.9 Å². The second kappa shape index (κ2) is 4.44. The van der Waals surface area contributed by atoms with Gasteiger partial charge >= 0.3 is 0 Å². The van der Waals surface area contributed by atoms with Crippen LogP contribution in [-0.2, 0) is 0 Å². The molecule has 1 N–H and O–H groups in total. The zero-order valence-electron chi connectivity index (χ0n) is 8.92. The predicted molar refractivity (Wildman–Crippen MR) is 74.7 cm³/mol. The van der Waals surface area contributed by atoms with Crippen LogP contribution in [0.2, 0.25) is 0 Å². The molecule has 0 spiro atoms. The minimum atomic E-state index is -0.321. The Morgan fingerprint density at radius 3 is 2.78 bits per heavy atom. The molecular formula is C12H6Br2FN3. The van der Waals surface area contributed by atoms with E-state index in [9.17, 15) is 4.39 Å². The number of hydrogen-bond donors (Lipinski definition) is 1. The fourth-order valence-electron chi connectivity index (χ4n) is 1.68. The third-order valence-corrected chi connectivity index (χ3v) is 3.75. The van der Waals surface area contributed by atoms with Gasteiger partial charge in [-0.3, -0.25) is 4.98 Å². The van der Waals surface area contributed by atoms with Crippen molar-refractivity contribution in [3.05, 3.63) is 45.2 Å². The van der Waals surface area contributed by atoms with Crippen molar-refractivity contribution in [3.8, 4) is 11.5 Å². The third-order valence-electron chi connectivity index (χ3n) is 2.51. The van der Waals surface area contributed by atoms with E-state index in [1.807, 2.05) is 12.1 Å². The van der Waals surface area contributed by atoms with Gasteiger partial charge in [-0.05, 0) is 50.1 Å². The maximum Gasteiger partial charge on any atom is 0.158 e. The Balaban J connectivity index is 2.23. The molecule has 6 heteroatoms. The molecule has 0 atom stereocenters. The average molecular weight is 371 g/mol. The van der Waals surface area contributed by atoms with Crippen molar-refractivity contribution < 1.29 is 4.39 Å². The molecule has 0 amide bonds. The molecule has 0 fully saturated rings. The maximum absolute atomic E-state index is 13.4. The molecule has 3 aromatic rings. The lowest BCUT2D eigenvalue weighted by Crippen LogP contribution is -1.85. The molecule has 3 nitrogen and oxygen atoms in total. The number of imidazole rings is 1. The van der Waals surface area contributed by atoms with E-state index in [1.54, 1.807) is 12.3 Å². The lowest BCUT2D eigenvalue weighted by atomic mass is 10.3. The number of hydrogen-bond acceptors (Lipinski definition) is 2. The standard InChI is InChI=1S/C12H6Br2FN3/c13-6-2-1-3-16-11(6)12-17-9-4-7(14)8(15)5-10(9)18-12/h1-5H,(H,17,18). The molecule has 0 aliphatic heterocycles. The summed E-state index contributed by atoms with van der Waals surface area (Å²) in [6, 6.07) is 6.76. The third kappa shape index (κ3) is 1.95. The largest absolute Gasteiger partial charge is 0.337 e. The Labute approximate surface area is 119 Å². The molecule has 0 radical (unpaired) electrons. The summed E-state index contributed by atoms with van der Waals surface area (Å²) in [4.78, 5) is 11.7. The fourth-order valence-corrected chi connectivity index (χ4v) is 2.45. The first-order valence-corrected chi connectivity index (χ1v) is 6.69. The van der Waals surface area contributed by atoms with E-state index in [4.69, 9.17) is 0 Å². The Morgan fingerprint density at radius 2 is 2.00 bits per heavy atom. The SMILES string of the molecule is Fc1cc2[nH]c(-c3ncccc3Br)nc2cc1Br. The van der Waals surface area contributed by atoms with Crippen LogP contribution < -0.4 is 0 Å². The van der Waals surface area contributed by atoms with Gasteiger partial charge in [0.25, 0.3) is 0 Å². The lowest BCUT2D eigenvalue weighted by Gasteiger charge is -1.97. The van der Waals surface area contributed by atoms with Crippen LogP contribution in [0.5, 0.6) is 0 Å². The summed E-state index contributed by atoms with van der Waals surface area (Å²) in [5.74, 6) is 0.285. The van der Waals surface area contributed by atoms with Gasteiger partial charge < -0.3 is 4.98 Å². The minimum Gasteiger partial charge on any atom is -0.337 e. The molecule has 1 aromatic carbocycles. The number of nitrogens with one attached hydrogen (secondary N) is 1. The van der Waals surface area contributed by atoms with E-state index in [2.05, 4.69) is 46.8 Å². The second-order valence-electron chi connectivity index (χ2n) is 3.70. The summed E-state index contributed by atoms with van der Waals surface area (Å²) in [5.41, 5.74) is 2.03. The van der Waals surface area contributed by atoms with Crippen molar-refractivity contribution in [1.29, 1.82) is 0 Å². The van der Waals surface area contributed by atoms with Gasteiger partial charge in [-0.2, -0.15) is 0 Å². The molecular weight excluding hydrogens is 365 g/mol. The summed E-state index contributed by atoms with van der Waals surface area (Å²) in [6.07, 6.45) is 1.68. The van der Waals surface area contributed by atoms with Gasteiger partial charge in [0.1, 0.15) is 11.5 Å². The Kier molecular flexibility index (Phi) is 2.91. The number of aromatic nitrogens is 3. The van der Waals surface area contributed by atoms with Crippen molar-refractivity contribution in [1.82, 2.24) is 15.0 Å². The molecule has 2 heterocycles. The number of fused-ring (bicyclic) bond motifs is 1. The topological polar surface area (TPSA) is 41.6 Å². The number of nitrogens with zero attached hydrogens (tertiary/aromatic N) is 2. The van der Waals surface area contributed by atoms with Crippen molar-refractivity contribution in [2.24, 2.45) is 0 Å². The van der Waals surface area contributed by atoms with Crippen LogP contribution in [0.4, 0.5) is 4.39 Å². The predicted octanol–water partition coefficient (Wildman–Crippen LogP) is 4.29. The highest BCUT2D eigenvalue weighted by Crippen LogP contribution is 2.27. The van der Waals surface area contributed by atoms with Crippen LogP contribution in [0.3, 0.4) is 0 Å². The average Bonchev–Trinajstić information content (AvgIpc) is 2.73. The number of rotatable bonds is 1. The quantitative estimate of drug-likeness (QED) is 0.694. The molecule has 0 saturated carbocycles. The highest BCUT2D eigenvalue weighted by atomic mass is 79.9. The number of H-pyrrole nitrogens is 1. The number of halogens is 3. The van der Waals surface area contributed by atoms with Gasteiger partial charge in [-0.15, -0.1) is 0 Å². The minimum absolute atomic E-state index is 0.321. The van der Waals surface area contributed by atoms with E-state index in [0.717, 1.165) is 4.47 Å². The molecule has 0 bridgehead atoms. The molecule has 0 unspecified atom stereocenters. The highest BCUT2D eigenvalue weighted by Gasteiger charge is 2.11. The van der Waals surface area contributed by atoms with Gasteiger partial charge in [0, 0.05) is 16.7 Å². The number of aromatic amines is 1. The Morgan fingerprint density at radius 1 is 1.17 bits per heavy atom. The molecule has 0 aliphatic carbocycles. The van der Waals surface area contributed by atoms with Gasteiger partial charge in [-0.25, -0.2) is 9.37 Å². The van der Waals surface area contributed by atoms with Crippen LogP contribution in [0.1, 0.15) is 0 Å². The van der Waals surface area contributed by atoms with Gasteiger partial charge in [-0.1, -0.05) is 0 Å². The monoisotopic (exact) mass is 369 g/mol. The molecule has 90 valence electrons. The first-order chi connectivity index (χ1) is 8.65. The summed E-state index contributed by atoms with van der Waals surface area (Å²) in [6.45, 7) is 0. The molecule has 2 aromatic heterocycles. The van der Waals surface area contributed by atoms with E-state index < -0.39 is 0 Å². The summed E-state index contributed by atoms with van der Waals surface area (Å²) in [7, 11) is 0. The van der Waals surface area contributed by atoms with Gasteiger partial charge in [0.15, 0.2) is 5.82 Å². The molecule has 0 saturated heterocycles. The summed E-state index contributed by atoms with van der Waals surface area (Å²) >= 11 is 6.56. The van der Waals surface area contributed by atoms with E-state index in [-0.39, 0.29) is 5.82 Å². The summed E-state index contributed by atoms with van der Waals surface area (Å²) in [5, 5.41) is 0. The maximum atomic E-state index is 13.4. The normalized spacial score (nSPS) is 11.1. The number of benzene rings is 1. The highest BCUT2D eigenvalue weighted by molar-refractivity contribution is 9.10. The van der Waals surface area contributed by atoms with Crippen molar-refractivity contribution in [3.63, 3.8) is 0 Å². The molecule has 18 heavy (non-hydrogen) atoms. The van der Waals surface area contributed by atoms with E-state index in [1.165, 1.54) is 6.07 Å². The lowest BCUT2D eigenvalue weighted by molar-refractivity contribution is 0.623. The Hall–Kier alpha value is -1.27. The molecule has 3 rings (SSSR count). The first-order valence-electron chi connectivity index (χ1n) is 5.11. The van der Waals surface area contributed by atoms with Crippen LogP contribution in [-0.4, -0.2) is 15.0 Å². The van der Waals surface area contributed by atoms with Crippen molar-refractivity contribution in [2.75, 3.05) is 0 Å². The van der Waals surface area contributed by atoms with Crippen molar-refractivity contribution >= 4 is 42.9 Å². The Bertz CT molecular complexity index is 700. The molecule has 0 aliphatic rings. The van der Waals surface area contributed by atoms with Gasteiger partial charge in [0.2, 0.25) is 0 Å².